The minimum atomic E-state index is -0.133. The molecule has 2 fully saturated rings. The van der Waals surface area contributed by atoms with Crippen LogP contribution in [0.3, 0.4) is 0 Å². The van der Waals surface area contributed by atoms with Crippen molar-refractivity contribution >= 4 is 5.91 Å². The summed E-state index contributed by atoms with van der Waals surface area (Å²) < 4.78 is 5.07. The number of carbonyl (C=O) groups excluding carboxylic acids is 1. The van der Waals surface area contributed by atoms with Gasteiger partial charge in [-0.3, -0.25) is 4.79 Å². The number of amides is 1. The summed E-state index contributed by atoms with van der Waals surface area (Å²) in [6, 6.07) is 10.6. The third kappa shape index (κ3) is 2.15. The molecule has 1 aromatic rings. The molecule has 0 aliphatic carbocycles. The van der Waals surface area contributed by atoms with Gasteiger partial charge in [-0.25, -0.2) is 0 Å². The lowest BCUT2D eigenvalue weighted by atomic mass is 9.74. The first-order valence-electron chi connectivity index (χ1n) is 6.65. The molecule has 2 aliphatic heterocycles. The highest BCUT2D eigenvalue weighted by molar-refractivity contribution is 5.83. The molecule has 0 saturated carbocycles. The van der Waals surface area contributed by atoms with E-state index in [4.69, 9.17) is 4.74 Å². The minimum Gasteiger partial charge on any atom is -0.363 e. The van der Waals surface area contributed by atoms with Gasteiger partial charge >= 0.3 is 0 Å². The predicted octanol–water partition coefficient (Wildman–Crippen LogP) is 1.97. The van der Waals surface area contributed by atoms with Crippen molar-refractivity contribution in [2.75, 3.05) is 19.7 Å². The number of hydrogen-bond acceptors (Lipinski definition) is 2. The molecule has 2 aliphatic rings. The number of epoxide rings is 1. The summed E-state index contributed by atoms with van der Waals surface area (Å²) in [5.74, 6) is 0.185. The van der Waals surface area contributed by atoms with E-state index < -0.39 is 0 Å². The summed E-state index contributed by atoms with van der Waals surface area (Å²) in [5.41, 5.74) is 1.60. The number of piperidine rings is 1. The van der Waals surface area contributed by atoms with Gasteiger partial charge in [0.05, 0.1) is 6.61 Å². The summed E-state index contributed by atoms with van der Waals surface area (Å²) in [4.78, 5) is 13.9. The molecule has 96 valence electrons. The zero-order chi connectivity index (χ0) is 12.6. The molecular weight excluding hydrogens is 226 g/mol. The van der Waals surface area contributed by atoms with E-state index >= 15 is 0 Å². The maximum atomic E-state index is 11.9. The molecule has 2 heterocycles. The lowest BCUT2D eigenvalue weighted by Gasteiger charge is -2.39. The largest absolute Gasteiger partial charge is 0.363 e. The summed E-state index contributed by atoms with van der Waals surface area (Å²) in [6.45, 7) is 4.62. The molecule has 1 unspecified atom stereocenters. The molecule has 3 heteroatoms. The SMILES string of the molecule is CC1(c2ccccc2)CCN(C(=O)C2CO2)CC1. The quantitative estimate of drug-likeness (QED) is 0.746. The first-order chi connectivity index (χ1) is 8.69. The van der Waals surface area contributed by atoms with E-state index in [1.807, 2.05) is 4.90 Å². The van der Waals surface area contributed by atoms with Gasteiger partial charge in [-0.1, -0.05) is 37.3 Å². The van der Waals surface area contributed by atoms with Crippen molar-refractivity contribution in [2.45, 2.75) is 31.3 Å². The number of benzene rings is 1. The van der Waals surface area contributed by atoms with Gasteiger partial charge in [-0.05, 0) is 23.8 Å². The number of likely N-dealkylation sites (tertiary alicyclic amines) is 1. The third-order valence-electron chi connectivity index (χ3n) is 4.26. The van der Waals surface area contributed by atoms with Crippen LogP contribution >= 0.6 is 0 Å². The normalized spacial score (nSPS) is 25.8. The Morgan fingerprint density at radius 3 is 2.44 bits per heavy atom. The lowest BCUT2D eigenvalue weighted by molar-refractivity contribution is -0.134. The van der Waals surface area contributed by atoms with E-state index in [1.165, 1.54) is 5.56 Å². The fourth-order valence-corrected chi connectivity index (χ4v) is 2.74. The highest BCUT2D eigenvalue weighted by atomic mass is 16.6. The van der Waals surface area contributed by atoms with Gasteiger partial charge in [-0.15, -0.1) is 0 Å². The van der Waals surface area contributed by atoms with Crippen molar-refractivity contribution in [3.63, 3.8) is 0 Å². The number of carbonyl (C=O) groups is 1. The summed E-state index contributed by atoms with van der Waals surface area (Å²) >= 11 is 0. The highest BCUT2D eigenvalue weighted by Crippen LogP contribution is 2.35. The van der Waals surface area contributed by atoms with Crippen LogP contribution in [0.4, 0.5) is 0 Å². The first kappa shape index (κ1) is 11.7. The molecule has 1 amide bonds. The number of rotatable bonds is 2. The molecule has 0 aromatic heterocycles. The van der Waals surface area contributed by atoms with Crippen molar-refractivity contribution in [3.05, 3.63) is 35.9 Å². The average Bonchev–Trinajstić information content (AvgIpc) is 3.24. The Morgan fingerprint density at radius 1 is 1.28 bits per heavy atom. The Hall–Kier alpha value is -1.35. The molecule has 3 rings (SSSR count). The molecule has 0 spiro atoms. The monoisotopic (exact) mass is 245 g/mol. The van der Waals surface area contributed by atoms with Gasteiger partial charge in [0, 0.05) is 13.1 Å². The van der Waals surface area contributed by atoms with E-state index in [0.717, 1.165) is 25.9 Å². The fourth-order valence-electron chi connectivity index (χ4n) is 2.74. The maximum absolute atomic E-state index is 11.9. The molecule has 0 bridgehead atoms. The number of hydrogen-bond donors (Lipinski definition) is 0. The number of ether oxygens (including phenoxy) is 1. The van der Waals surface area contributed by atoms with Gasteiger partial charge in [-0.2, -0.15) is 0 Å². The molecule has 2 saturated heterocycles. The molecule has 1 aromatic carbocycles. The van der Waals surface area contributed by atoms with E-state index in [2.05, 4.69) is 37.3 Å². The molecule has 1 atom stereocenters. The second kappa shape index (κ2) is 4.39. The van der Waals surface area contributed by atoms with Crippen LogP contribution in [0.15, 0.2) is 30.3 Å². The van der Waals surface area contributed by atoms with Crippen molar-refractivity contribution in [2.24, 2.45) is 0 Å². The second-order valence-corrected chi connectivity index (χ2v) is 5.57. The summed E-state index contributed by atoms with van der Waals surface area (Å²) in [6.07, 6.45) is 1.94. The van der Waals surface area contributed by atoms with Gasteiger partial charge in [0.15, 0.2) is 6.10 Å². The summed E-state index contributed by atoms with van der Waals surface area (Å²) in [7, 11) is 0. The van der Waals surface area contributed by atoms with Crippen LogP contribution in [-0.4, -0.2) is 36.6 Å². The first-order valence-corrected chi connectivity index (χ1v) is 6.65. The zero-order valence-electron chi connectivity index (χ0n) is 10.8. The zero-order valence-corrected chi connectivity index (χ0v) is 10.8. The molecule has 3 nitrogen and oxygen atoms in total. The van der Waals surface area contributed by atoms with Crippen LogP contribution in [-0.2, 0) is 14.9 Å². The average molecular weight is 245 g/mol. The van der Waals surface area contributed by atoms with Crippen LogP contribution in [0, 0.1) is 0 Å². The maximum Gasteiger partial charge on any atom is 0.254 e. The Kier molecular flexibility index (Phi) is 2.86. The standard InChI is InChI=1S/C15H19NO2/c1-15(12-5-3-2-4-6-12)7-9-16(10-8-15)14(17)13-11-18-13/h2-6,13H,7-11H2,1H3. The van der Waals surface area contributed by atoms with Crippen LogP contribution < -0.4 is 0 Å². The van der Waals surface area contributed by atoms with E-state index in [9.17, 15) is 4.79 Å². The number of nitrogens with zero attached hydrogens (tertiary/aromatic N) is 1. The smallest absolute Gasteiger partial charge is 0.254 e. The third-order valence-corrected chi connectivity index (χ3v) is 4.26. The van der Waals surface area contributed by atoms with E-state index in [-0.39, 0.29) is 17.4 Å². The fraction of sp³-hybridized carbons (Fsp3) is 0.533. The van der Waals surface area contributed by atoms with Gasteiger partial charge in [0.25, 0.3) is 5.91 Å². The predicted molar refractivity (Wildman–Crippen MR) is 69.3 cm³/mol. The van der Waals surface area contributed by atoms with Crippen molar-refractivity contribution < 1.29 is 9.53 Å². The van der Waals surface area contributed by atoms with Crippen molar-refractivity contribution in [1.29, 1.82) is 0 Å². The molecule has 0 N–H and O–H groups in total. The van der Waals surface area contributed by atoms with E-state index in [0.29, 0.717) is 6.61 Å². The molecular formula is C15H19NO2. The van der Waals surface area contributed by atoms with Crippen LogP contribution in [0.25, 0.3) is 0 Å². The Bertz CT molecular complexity index is 431. The van der Waals surface area contributed by atoms with E-state index in [1.54, 1.807) is 0 Å². The molecule has 18 heavy (non-hydrogen) atoms. The Morgan fingerprint density at radius 2 is 1.89 bits per heavy atom. The molecule has 0 radical (unpaired) electrons. The van der Waals surface area contributed by atoms with Gasteiger partial charge < -0.3 is 9.64 Å². The van der Waals surface area contributed by atoms with Crippen molar-refractivity contribution in [3.8, 4) is 0 Å². The summed E-state index contributed by atoms with van der Waals surface area (Å²) in [5, 5.41) is 0. The Labute approximate surface area is 108 Å². The topological polar surface area (TPSA) is 32.8 Å². The second-order valence-electron chi connectivity index (χ2n) is 5.57. The van der Waals surface area contributed by atoms with Gasteiger partial charge in [0.1, 0.15) is 0 Å². The van der Waals surface area contributed by atoms with Crippen LogP contribution in [0.5, 0.6) is 0 Å². The highest BCUT2D eigenvalue weighted by Gasteiger charge is 2.39. The Balaban J connectivity index is 1.67. The van der Waals surface area contributed by atoms with Gasteiger partial charge in [0.2, 0.25) is 0 Å². The van der Waals surface area contributed by atoms with Crippen LogP contribution in [0.1, 0.15) is 25.3 Å². The lowest BCUT2D eigenvalue weighted by Crippen LogP contribution is -2.45. The minimum absolute atomic E-state index is 0.133. The van der Waals surface area contributed by atoms with Crippen molar-refractivity contribution in [1.82, 2.24) is 4.90 Å². The van der Waals surface area contributed by atoms with Crippen LogP contribution in [0.2, 0.25) is 0 Å².